The van der Waals surface area contributed by atoms with Crippen molar-refractivity contribution in [3.8, 4) is 23.0 Å². The Morgan fingerprint density at radius 1 is 0.421 bits per heavy atom. The molecule has 3 rings (SSSR count). The van der Waals surface area contributed by atoms with Crippen molar-refractivity contribution in [2.75, 3.05) is 79.3 Å². The van der Waals surface area contributed by atoms with Crippen molar-refractivity contribution in [1.29, 1.82) is 0 Å². The Kier molecular flexibility index (Phi) is 14.8. The van der Waals surface area contributed by atoms with E-state index in [1.54, 1.807) is 0 Å². The van der Waals surface area contributed by atoms with Gasteiger partial charge in [-0.15, -0.1) is 0 Å². The zero-order chi connectivity index (χ0) is 26.7. The second kappa shape index (κ2) is 18.7. The number of benzene rings is 2. The molecule has 2 aromatic carbocycles. The molecule has 8 nitrogen and oxygen atoms in total. The van der Waals surface area contributed by atoms with Gasteiger partial charge in [-0.25, -0.2) is 0 Å². The van der Waals surface area contributed by atoms with Crippen LogP contribution in [-0.4, -0.2) is 79.3 Å². The summed E-state index contributed by atoms with van der Waals surface area (Å²) in [5, 5.41) is 0. The second-order valence-electron chi connectivity index (χ2n) is 8.91. The van der Waals surface area contributed by atoms with Gasteiger partial charge in [0.1, 0.15) is 26.4 Å². The molecule has 0 aliphatic carbocycles. The second-order valence-corrected chi connectivity index (χ2v) is 8.91. The first-order chi connectivity index (χ1) is 18.8. The van der Waals surface area contributed by atoms with E-state index in [-0.39, 0.29) is 0 Å². The highest BCUT2D eigenvalue weighted by molar-refractivity contribution is 5.44. The Bertz CT molecular complexity index is 830. The number of hydrogen-bond acceptors (Lipinski definition) is 8. The van der Waals surface area contributed by atoms with Crippen LogP contribution in [0.15, 0.2) is 36.4 Å². The van der Waals surface area contributed by atoms with Crippen molar-refractivity contribution in [2.24, 2.45) is 0 Å². The molecule has 0 saturated heterocycles. The molecular formula is C30H44O8. The molecule has 8 heteroatoms. The monoisotopic (exact) mass is 532 g/mol. The maximum Gasteiger partial charge on any atom is 0.161 e. The first kappa shape index (κ1) is 30.0. The van der Waals surface area contributed by atoms with E-state index in [1.807, 2.05) is 24.3 Å². The van der Waals surface area contributed by atoms with Crippen molar-refractivity contribution in [1.82, 2.24) is 0 Å². The summed E-state index contributed by atoms with van der Waals surface area (Å²) in [6.07, 6.45) is 4.13. The molecule has 0 saturated carbocycles. The molecule has 0 amide bonds. The highest BCUT2D eigenvalue weighted by Gasteiger charge is 2.09. The Morgan fingerprint density at radius 2 is 0.737 bits per heavy atom. The minimum atomic E-state index is 0.428. The average molecular weight is 533 g/mol. The summed E-state index contributed by atoms with van der Waals surface area (Å²) in [5.41, 5.74) is 2.45. The van der Waals surface area contributed by atoms with Gasteiger partial charge in [0.25, 0.3) is 0 Å². The molecule has 2 aromatic rings. The number of hydrogen-bond donors (Lipinski definition) is 0. The third-order valence-electron chi connectivity index (χ3n) is 5.78. The molecule has 1 heterocycles. The van der Waals surface area contributed by atoms with Crippen LogP contribution in [0.1, 0.15) is 37.8 Å². The quantitative estimate of drug-likeness (QED) is 0.551. The van der Waals surface area contributed by atoms with Crippen molar-refractivity contribution in [3.63, 3.8) is 0 Å². The molecule has 0 atom stereocenters. The smallest absolute Gasteiger partial charge is 0.161 e. The largest absolute Gasteiger partial charge is 0.487 e. The van der Waals surface area contributed by atoms with Gasteiger partial charge in [-0.2, -0.15) is 0 Å². The summed E-state index contributed by atoms with van der Waals surface area (Å²) >= 11 is 0. The SMILES string of the molecule is CCCc1ccc2c(c1)OCCOCCOCCOc1ccc(CCC)cc1OCCOCCOCCO2. The Morgan fingerprint density at radius 3 is 1.08 bits per heavy atom. The van der Waals surface area contributed by atoms with E-state index in [1.165, 1.54) is 11.1 Å². The first-order valence-electron chi connectivity index (χ1n) is 13.9. The zero-order valence-electron chi connectivity index (χ0n) is 23.0. The van der Waals surface area contributed by atoms with Gasteiger partial charge < -0.3 is 37.9 Å². The summed E-state index contributed by atoms with van der Waals surface area (Å²) in [6.45, 7) is 9.84. The highest BCUT2D eigenvalue weighted by Crippen LogP contribution is 2.30. The van der Waals surface area contributed by atoms with Crippen LogP contribution in [0.2, 0.25) is 0 Å². The van der Waals surface area contributed by atoms with Crippen LogP contribution in [0.5, 0.6) is 23.0 Å². The minimum Gasteiger partial charge on any atom is -0.487 e. The summed E-state index contributed by atoms with van der Waals surface area (Å²) in [5.74, 6) is 2.88. The van der Waals surface area contributed by atoms with Crippen molar-refractivity contribution < 1.29 is 37.9 Å². The lowest BCUT2D eigenvalue weighted by Gasteiger charge is -2.16. The van der Waals surface area contributed by atoms with E-state index >= 15 is 0 Å². The molecule has 1 aliphatic heterocycles. The lowest BCUT2D eigenvalue weighted by atomic mass is 10.1. The van der Waals surface area contributed by atoms with E-state index in [4.69, 9.17) is 37.9 Å². The van der Waals surface area contributed by atoms with Gasteiger partial charge in [0.05, 0.1) is 52.9 Å². The van der Waals surface area contributed by atoms with Gasteiger partial charge in [-0.1, -0.05) is 38.8 Å². The molecule has 0 bridgehead atoms. The van der Waals surface area contributed by atoms with Crippen LogP contribution < -0.4 is 18.9 Å². The zero-order valence-corrected chi connectivity index (χ0v) is 23.0. The Labute approximate surface area is 227 Å². The number of fused-ring (bicyclic) bond motifs is 2. The molecule has 0 aromatic heterocycles. The fourth-order valence-electron chi connectivity index (χ4n) is 3.94. The van der Waals surface area contributed by atoms with Crippen molar-refractivity contribution >= 4 is 0 Å². The van der Waals surface area contributed by atoms with Crippen molar-refractivity contribution in [3.05, 3.63) is 47.5 Å². The lowest BCUT2D eigenvalue weighted by molar-refractivity contribution is 0.0223. The van der Waals surface area contributed by atoms with Crippen LogP contribution in [0, 0.1) is 0 Å². The number of rotatable bonds is 4. The molecule has 0 radical (unpaired) electrons. The summed E-state index contributed by atoms with van der Waals surface area (Å²) in [6, 6.07) is 12.2. The predicted molar refractivity (Wildman–Crippen MR) is 146 cm³/mol. The Balaban J connectivity index is 1.51. The lowest BCUT2D eigenvalue weighted by Crippen LogP contribution is -2.15. The van der Waals surface area contributed by atoms with Gasteiger partial charge in [0.2, 0.25) is 0 Å². The fraction of sp³-hybridized carbons (Fsp3) is 0.600. The molecular weight excluding hydrogens is 488 g/mol. The molecule has 0 N–H and O–H groups in total. The van der Waals surface area contributed by atoms with Gasteiger partial charge in [-0.3, -0.25) is 0 Å². The van der Waals surface area contributed by atoms with Crippen LogP contribution >= 0.6 is 0 Å². The van der Waals surface area contributed by atoms with E-state index < -0.39 is 0 Å². The number of aryl methyl sites for hydroxylation is 2. The van der Waals surface area contributed by atoms with Crippen molar-refractivity contribution in [2.45, 2.75) is 39.5 Å². The first-order valence-corrected chi connectivity index (χ1v) is 13.9. The van der Waals surface area contributed by atoms with Crippen LogP contribution in [-0.2, 0) is 31.8 Å². The summed E-state index contributed by atoms with van der Waals surface area (Å²) in [7, 11) is 0. The standard InChI is InChI=1S/C30H44O8/c1-3-5-25-7-9-27-29(23-25)37-21-17-33-13-11-32-16-20-36-28-10-8-26(6-4-2)24-30(28)38-22-18-34-14-12-31-15-19-35-27/h7-10,23-24H,3-6,11-22H2,1-2H3. The van der Waals surface area contributed by atoms with E-state index in [0.29, 0.717) is 90.8 Å². The molecule has 0 fully saturated rings. The Hall–Kier alpha value is -2.52. The summed E-state index contributed by atoms with van der Waals surface area (Å²) in [4.78, 5) is 0. The van der Waals surface area contributed by atoms with Gasteiger partial charge in [-0.05, 0) is 48.2 Å². The van der Waals surface area contributed by atoms with Crippen LogP contribution in [0.4, 0.5) is 0 Å². The average Bonchev–Trinajstić information content (AvgIpc) is 2.92. The van der Waals surface area contributed by atoms with Gasteiger partial charge in [0.15, 0.2) is 23.0 Å². The van der Waals surface area contributed by atoms with E-state index in [9.17, 15) is 0 Å². The predicted octanol–water partition coefficient (Wildman–Crippen LogP) is 4.89. The fourth-order valence-corrected chi connectivity index (χ4v) is 3.94. The molecule has 212 valence electrons. The third kappa shape index (κ3) is 11.5. The highest BCUT2D eigenvalue weighted by atomic mass is 16.6. The molecule has 0 spiro atoms. The third-order valence-corrected chi connectivity index (χ3v) is 5.78. The maximum absolute atomic E-state index is 5.99. The summed E-state index contributed by atoms with van der Waals surface area (Å²) < 4.78 is 46.5. The van der Waals surface area contributed by atoms with Gasteiger partial charge in [0, 0.05) is 0 Å². The van der Waals surface area contributed by atoms with E-state index in [2.05, 4.69) is 26.0 Å². The van der Waals surface area contributed by atoms with Crippen LogP contribution in [0.3, 0.4) is 0 Å². The van der Waals surface area contributed by atoms with Gasteiger partial charge >= 0.3 is 0 Å². The molecule has 0 unspecified atom stereocenters. The molecule has 38 heavy (non-hydrogen) atoms. The minimum absolute atomic E-state index is 0.428. The van der Waals surface area contributed by atoms with Crippen LogP contribution in [0.25, 0.3) is 0 Å². The molecule has 1 aliphatic rings. The van der Waals surface area contributed by atoms with E-state index in [0.717, 1.165) is 37.2 Å². The number of ether oxygens (including phenoxy) is 8. The topological polar surface area (TPSA) is 73.8 Å². The normalized spacial score (nSPS) is 17.3. The maximum atomic E-state index is 5.99.